The summed E-state index contributed by atoms with van der Waals surface area (Å²) in [6.45, 7) is 5.66. The molecule has 1 N–H and O–H groups in total. The molecule has 1 heterocycles. The SMILES string of the molecule is CCC1CCC(O)C(Cc2ncc(C)c([N+](=O)[O-])c2C)C1. The number of aliphatic hydroxyl groups excluding tert-OH is 1. The Kier molecular flexibility index (Phi) is 4.93. The Morgan fingerprint density at radius 2 is 2.14 bits per heavy atom. The predicted molar refractivity (Wildman–Crippen MR) is 81.2 cm³/mol. The van der Waals surface area contributed by atoms with Crippen LogP contribution in [0.1, 0.15) is 49.4 Å². The van der Waals surface area contributed by atoms with Crippen molar-refractivity contribution in [1.29, 1.82) is 0 Å². The summed E-state index contributed by atoms with van der Waals surface area (Å²) in [4.78, 5) is 15.2. The number of aliphatic hydroxyl groups is 1. The molecule has 116 valence electrons. The first-order valence-electron chi connectivity index (χ1n) is 7.71. The molecule has 0 amide bonds. The average Bonchev–Trinajstić information content (AvgIpc) is 2.43. The summed E-state index contributed by atoms with van der Waals surface area (Å²) in [5.74, 6) is 0.816. The van der Waals surface area contributed by atoms with E-state index in [0.717, 1.165) is 31.4 Å². The molecule has 0 aliphatic heterocycles. The Hall–Kier alpha value is -1.49. The largest absolute Gasteiger partial charge is 0.393 e. The number of rotatable bonds is 4. The zero-order valence-electron chi connectivity index (χ0n) is 13.0. The predicted octanol–water partition coefficient (Wildman–Crippen LogP) is 3.34. The van der Waals surface area contributed by atoms with E-state index in [1.54, 1.807) is 20.0 Å². The van der Waals surface area contributed by atoms with E-state index in [2.05, 4.69) is 11.9 Å². The molecule has 1 aliphatic rings. The third kappa shape index (κ3) is 3.40. The lowest BCUT2D eigenvalue weighted by atomic mass is 9.76. The maximum Gasteiger partial charge on any atom is 0.278 e. The van der Waals surface area contributed by atoms with Gasteiger partial charge < -0.3 is 5.11 Å². The Labute approximate surface area is 125 Å². The maximum absolute atomic E-state index is 11.2. The molecule has 1 aromatic rings. The van der Waals surface area contributed by atoms with Crippen LogP contribution in [0.3, 0.4) is 0 Å². The highest BCUT2D eigenvalue weighted by molar-refractivity contribution is 5.47. The molecular formula is C16H24N2O3. The van der Waals surface area contributed by atoms with Crippen molar-refractivity contribution in [3.8, 4) is 0 Å². The van der Waals surface area contributed by atoms with Crippen molar-refractivity contribution in [1.82, 2.24) is 4.98 Å². The molecule has 3 unspecified atom stereocenters. The van der Waals surface area contributed by atoms with Gasteiger partial charge in [0, 0.05) is 17.3 Å². The highest BCUT2D eigenvalue weighted by atomic mass is 16.6. The van der Waals surface area contributed by atoms with Gasteiger partial charge in [-0.2, -0.15) is 0 Å². The number of hydrogen-bond acceptors (Lipinski definition) is 4. The van der Waals surface area contributed by atoms with E-state index in [0.29, 0.717) is 23.5 Å². The van der Waals surface area contributed by atoms with Gasteiger partial charge in [-0.1, -0.05) is 13.3 Å². The lowest BCUT2D eigenvalue weighted by molar-refractivity contribution is -0.386. The monoisotopic (exact) mass is 292 g/mol. The van der Waals surface area contributed by atoms with Crippen molar-refractivity contribution < 1.29 is 10.0 Å². The van der Waals surface area contributed by atoms with Gasteiger partial charge in [-0.05, 0) is 51.4 Å². The minimum absolute atomic E-state index is 0.164. The van der Waals surface area contributed by atoms with Crippen LogP contribution in [0.5, 0.6) is 0 Å². The molecule has 2 rings (SSSR count). The first-order valence-corrected chi connectivity index (χ1v) is 7.71. The molecule has 5 heteroatoms. The van der Waals surface area contributed by atoms with E-state index in [1.807, 2.05) is 0 Å². The number of pyridine rings is 1. The van der Waals surface area contributed by atoms with Gasteiger partial charge in [-0.15, -0.1) is 0 Å². The third-order valence-corrected chi connectivity index (χ3v) is 4.84. The Morgan fingerprint density at radius 3 is 2.76 bits per heavy atom. The fourth-order valence-electron chi connectivity index (χ4n) is 3.44. The summed E-state index contributed by atoms with van der Waals surface area (Å²) < 4.78 is 0. The molecule has 5 nitrogen and oxygen atoms in total. The highest BCUT2D eigenvalue weighted by Gasteiger charge is 2.30. The van der Waals surface area contributed by atoms with E-state index < -0.39 is 0 Å². The van der Waals surface area contributed by atoms with Crippen LogP contribution in [0, 0.1) is 35.8 Å². The molecule has 1 saturated carbocycles. The van der Waals surface area contributed by atoms with Crippen LogP contribution in [-0.4, -0.2) is 21.1 Å². The number of aromatic nitrogens is 1. The first kappa shape index (κ1) is 15.9. The van der Waals surface area contributed by atoms with Crippen LogP contribution in [0.4, 0.5) is 5.69 Å². The quantitative estimate of drug-likeness (QED) is 0.682. The van der Waals surface area contributed by atoms with E-state index in [1.165, 1.54) is 0 Å². The number of nitro groups is 1. The van der Waals surface area contributed by atoms with Gasteiger partial charge in [-0.25, -0.2) is 0 Å². The van der Waals surface area contributed by atoms with Crippen molar-refractivity contribution in [3.05, 3.63) is 33.1 Å². The molecule has 0 bridgehead atoms. The van der Waals surface area contributed by atoms with Crippen molar-refractivity contribution >= 4 is 5.69 Å². The molecule has 0 radical (unpaired) electrons. The standard InChI is InChI=1S/C16H24N2O3/c1-4-12-5-6-15(19)13(7-12)8-14-11(3)16(18(20)21)10(2)9-17-14/h9,12-13,15,19H,4-8H2,1-3H3. The molecule has 0 spiro atoms. The maximum atomic E-state index is 11.2. The zero-order chi connectivity index (χ0) is 15.6. The minimum Gasteiger partial charge on any atom is -0.393 e. The Balaban J connectivity index is 2.23. The molecule has 0 saturated heterocycles. The van der Waals surface area contributed by atoms with Crippen LogP contribution in [0.25, 0.3) is 0 Å². The molecular weight excluding hydrogens is 268 g/mol. The fourth-order valence-corrected chi connectivity index (χ4v) is 3.44. The van der Waals surface area contributed by atoms with Gasteiger partial charge in [0.1, 0.15) is 0 Å². The summed E-state index contributed by atoms with van der Waals surface area (Å²) >= 11 is 0. The highest BCUT2D eigenvalue weighted by Crippen LogP contribution is 2.34. The molecule has 1 aromatic heterocycles. The smallest absolute Gasteiger partial charge is 0.278 e. The van der Waals surface area contributed by atoms with Gasteiger partial charge in [0.15, 0.2) is 0 Å². The van der Waals surface area contributed by atoms with E-state index in [-0.39, 0.29) is 22.6 Å². The minimum atomic E-state index is -0.331. The Bertz CT molecular complexity index is 530. The molecule has 3 atom stereocenters. The second-order valence-electron chi connectivity index (χ2n) is 6.24. The second-order valence-corrected chi connectivity index (χ2v) is 6.24. The molecule has 1 aliphatic carbocycles. The second kappa shape index (κ2) is 6.52. The van der Waals surface area contributed by atoms with Crippen LogP contribution in [-0.2, 0) is 6.42 Å². The van der Waals surface area contributed by atoms with Crippen molar-refractivity contribution in [2.75, 3.05) is 0 Å². The van der Waals surface area contributed by atoms with Crippen LogP contribution in [0.2, 0.25) is 0 Å². The summed E-state index contributed by atoms with van der Waals surface area (Å²) in [6, 6.07) is 0. The summed E-state index contributed by atoms with van der Waals surface area (Å²) in [5.41, 5.74) is 2.16. The Morgan fingerprint density at radius 1 is 1.43 bits per heavy atom. The van der Waals surface area contributed by atoms with Crippen molar-refractivity contribution in [2.45, 2.75) is 59.0 Å². The van der Waals surface area contributed by atoms with Gasteiger partial charge in [0.05, 0.1) is 16.7 Å². The summed E-state index contributed by atoms with van der Waals surface area (Å²) in [6.07, 6.45) is 5.92. The van der Waals surface area contributed by atoms with E-state index in [4.69, 9.17) is 0 Å². The number of hydrogen-bond donors (Lipinski definition) is 1. The summed E-state index contributed by atoms with van der Waals surface area (Å²) in [7, 11) is 0. The number of nitrogens with zero attached hydrogens (tertiary/aromatic N) is 2. The topological polar surface area (TPSA) is 76.3 Å². The van der Waals surface area contributed by atoms with Crippen molar-refractivity contribution in [2.24, 2.45) is 11.8 Å². The lowest BCUT2D eigenvalue weighted by Crippen LogP contribution is -2.31. The van der Waals surface area contributed by atoms with E-state index >= 15 is 0 Å². The zero-order valence-corrected chi connectivity index (χ0v) is 13.0. The van der Waals surface area contributed by atoms with Gasteiger partial charge in [0.2, 0.25) is 0 Å². The molecule has 0 aromatic carbocycles. The lowest BCUT2D eigenvalue weighted by Gasteiger charge is -2.33. The first-order chi connectivity index (χ1) is 9.93. The average molecular weight is 292 g/mol. The van der Waals surface area contributed by atoms with Crippen molar-refractivity contribution in [3.63, 3.8) is 0 Å². The summed E-state index contributed by atoms with van der Waals surface area (Å²) in [5, 5.41) is 21.4. The third-order valence-electron chi connectivity index (χ3n) is 4.84. The normalized spacial score (nSPS) is 25.8. The molecule has 1 fully saturated rings. The van der Waals surface area contributed by atoms with Gasteiger partial charge in [0.25, 0.3) is 5.69 Å². The fraction of sp³-hybridized carbons (Fsp3) is 0.688. The van der Waals surface area contributed by atoms with Gasteiger partial charge >= 0.3 is 0 Å². The van der Waals surface area contributed by atoms with E-state index in [9.17, 15) is 15.2 Å². The number of aryl methyl sites for hydroxylation is 1. The van der Waals surface area contributed by atoms with Crippen LogP contribution < -0.4 is 0 Å². The van der Waals surface area contributed by atoms with Crippen LogP contribution in [0.15, 0.2) is 6.20 Å². The van der Waals surface area contributed by atoms with Crippen LogP contribution >= 0.6 is 0 Å². The van der Waals surface area contributed by atoms with Gasteiger partial charge in [-0.3, -0.25) is 15.1 Å². The molecule has 21 heavy (non-hydrogen) atoms.